The zero-order valence-electron chi connectivity index (χ0n) is 13.4. The van der Waals surface area contributed by atoms with E-state index >= 15 is 0 Å². The Labute approximate surface area is 151 Å². The lowest BCUT2D eigenvalue weighted by Gasteiger charge is -2.25. The van der Waals surface area contributed by atoms with Crippen molar-refractivity contribution in [3.05, 3.63) is 39.8 Å². The van der Waals surface area contributed by atoms with Crippen molar-refractivity contribution < 1.29 is 4.79 Å². The van der Waals surface area contributed by atoms with Crippen LogP contribution in [-0.2, 0) is 11.3 Å². The number of anilines is 2. The van der Waals surface area contributed by atoms with Crippen LogP contribution >= 0.6 is 22.9 Å². The lowest BCUT2D eigenvalue weighted by Crippen LogP contribution is -2.36. The lowest BCUT2D eigenvalue weighted by molar-refractivity contribution is -0.117. The third kappa shape index (κ3) is 5.19. The van der Waals surface area contributed by atoms with Gasteiger partial charge in [-0.05, 0) is 50.2 Å². The molecule has 2 N–H and O–H groups in total. The first-order valence-electron chi connectivity index (χ1n) is 8.15. The van der Waals surface area contributed by atoms with E-state index in [0.29, 0.717) is 17.6 Å². The maximum atomic E-state index is 12.1. The number of piperidine rings is 1. The molecule has 24 heavy (non-hydrogen) atoms. The normalized spacial score (nSPS) is 15.2. The summed E-state index contributed by atoms with van der Waals surface area (Å²) in [7, 11) is 0. The van der Waals surface area contributed by atoms with Crippen LogP contribution in [0, 0.1) is 0 Å². The molecule has 128 valence electrons. The monoisotopic (exact) mass is 364 g/mol. The molecule has 0 bridgehead atoms. The summed E-state index contributed by atoms with van der Waals surface area (Å²) in [5.41, 5.74) is 1.82. The number of rotatable bonds is 6. The first kappa shape index (κ1) is 17.2. The average molecular weight is 365 g/mol. The number of hydrogen-bond donors (Lipinski definition) is 2. The van der Waals surface area contributed by atoms with E-state index in [-0.39, 0.29) is 5.91 Å². The van der Waals surface area contributed by atoms with Crippen LogP contribution in [0.25, 0.3) is 0 Å². The lowest BCUT2D eigenvalue weighted by atomic mass is 10.1. The smallest absolute Gasteiger partial charge is 0.238 e. The van der Waals surface area contributed by atoms with E-state index < -0.39 is 0 Å². The number of nitrogens with one attached hydrogen (secondary N) is 2. The highest BCUT2D eigenvalue weighted by molar-refractivity contribution is 7.15. The maximum Gasteiger partial charge on any atom is 0.238 e. The van der Waals surface area contributed by atoms with Crippen LogP contribution in [0.5, 0.6) is 0 Å². The number of nitrogens with zero attached hydrogens (tertiary/aromatic N) is 2. The topological polar surface area (TPSA) is 57.3 Å². The number of aromatic nitrogens is 1. The number of amides is 1. The number of hydrogen-bond acceptors (Lipinski definition) is 5. The van der Waals surface area contributed by atoms with Gasteiger partial charge in [0.25, 0.3) is 0 Å². The van der Waals surface area contributed by atoms with Crippen LogP contribution in [0.2, 0.25) is 4.47 Å². The second kappa shape index (κ2) is 8.46. The molecule has 0 aliphatic carbocycles. The van der Waals surface area contributed by atoms with Gasteiger partial charge in [-0.25, -0.2) is 4.98 Å². The SMILES string of the molecule is O=C(CN1CCCCC1)Nc1ccc(NCc2cnc(Cl)s2)cc1. The number of carbonyl (C=O) groups is 1. The third-order valence-electron chi connectivity index (χ3n) is 3.98. The molecule has 1 aromatic heterocycles. The van der Waals surface area contributed by atoms with Crippen molar-refractivity contribution in [1.82, 2.24) is 9.88 Å². The van der Waals surface area contributed by atoms with Gasteiger partial charge in [0.1, 0.15) is 0 Å². The highest BCUT2D eigenvalue weighted by atomic mass is 35.5. The molecule has 0 radical (unpaired) electrons. The number of carbonyl (C=O) groups excluding carboxylic acids is 1. The molecule has 3 rings (SSSR count). The van der Waals surface area contributed by atoms with Crippen LogP contribution in [0.3, 0.4) is 0 Å². The Kier molecular flexibility index (Phi) is 6.07. The predicted molar refractivity (Wildman–Crippen MR) is 99.8 cm³/mol. The van der Waals surface area contributed by atoms with Gasteiger partial charge in [0, 0.05) is 22.4 Å². The molecule has 7 heteroatoms. The van der Waals surface area contributed by atoms with Crippen LogP contribution < -0.4 is 10.6 Å². The Morgan fingerprint density at radius 1 is 1.17 bits per heavy atom. The highest BCUT2D eigenvalue weighted by Gasteiger charge is 2.13. The molecule has 0 unspecified atom stereocenters. The fourth-order valence-electron chi connectivity index (χ4n) is 2.75. The molecule has 2 aromatic rings. The van der Waals surface area contributed by atoms with Crippen LogP contribution in [-0.4, -0.2) is 35.4 Å². The van der Waals surface area contributed by atoms with E-state index in [9.17, 15) is 4.79 Å². The van der Waals surface area contributed by atoms with Gasteiger partial charge in [0.2, 0.25) is 5.91 Å². The number of halogens is 1. The van der Waals surface area contributed by atoms with Crippen molar-refractivity contribution in [2.45, 2.75) is 25.8 Å². The van der Waals surface area contributed by atoms with Gasteiger partial charge in [-0.15, -0.1) is 11.3 Å². The minimum Gasteiger partial charge on any atom is -0.380 e. The Balaban J connectivity index is 1.46. The summed E-state index contributed by atoms with van der Waals surface area (Å²) in [6.45, 7) is 3.22. The van der Waals surface area contributed by atoms with Crippen molar-refractivity contribution in [3.63, 3.8) is 0 Å². The number of thiazole rings is 1. The van der Waals surface area contributed by atoms with Gasteiger partial charge in [0.05, 0.1) is 13.1 Å². The first-order valence-corrected chi connectivity index (χ1v) is 9.35. The summed E-state index contributed by atoms with van der Waals surface area (Å²) in [5.74, 6) is 0.0527. The average Bonchev–Trinajstić information content (AvgIpc) is 3.00. The molecular formula is C17H21ClN4OS. The molecule has 5 nitrogen and oxygen atoms in total. The van der Waals surface area contributed by atoms with Crippen molar-refractivity contribution in [1.29, 1.82) is 0 Å². The van der Waals surface area contributed by atoms with Crippen LogP contribution in [0.4, 0.5) is 11.4 Å². The Hall–Kier alpha value is -1.63. The summed E-state index contributed by atoms with van der Waals surface area (Å²) in [6.07, 6.45) is 5.44. The molecule has 0 atom stereocenters. The molecular weight excluding hydrogens is 344 g/mol. The Morgan fingerprint density at radius 2 is 1.88 bits per heavy atom. The highest BCUT2D eigenvalue weighted by Crippen LogP contribution is 2.20. The van der Waals surface area contributed by atoms with E-state index in [2.05, 4.69) is 20.5 Å². The van der Waals surface area contributed by atoms with Crippen molar-refractivity contribution in [2.75, 3.05) is 30.3 Å². The Bertz CT molecular complexity index is 667. The van der Waals surface area contributed by atoms with Gasteiger partial charge in [-0.1, -0.05) is 18.0 Å². The van der Waals surface area contributed by atoms with Gasteiger partial charge in [-0.3, -0.25) is 9.69 Å². The molecule has 2 heterocycles. The van der Waals surface area contributed by atoms with E-state index in [1.807, 2.05) is 24.3 Å². The molecule has 1 aromatic carbocycles. The van der Waals surface area contributed by atoms with Gasteiger partial charge in [0.15, 0.2) is 4.47 Å². The van der Waals surface area contributed by atoms with Crippen molar-refractivity contribution in [2.24, 2.45) is 0 Å². The minimum absolute atomic E-state index is 0.0527. The third-order valence-corrected chi connectivity index (χ3v) is 5.09. The number of benzene rings is 1. The standard InChI is InChI=1S/C17H21ClN4OS/c18-17-20-11-15(24-17)10-19-13-4-6-14(7-5-13)21-16(23)12-22-8-2-1-3-9-22/h4-7,11,19H,1-3,8-10,12H2,(H,21,23). The largest absolute Gasteiger partial charge is 0.380 e. The summed E-state index contributed by atoms with van der Waals surface area (Å²) < 4.78 is 0.554. The zero-order valence-corrected chi connectivity index (χ0v) is 15.0. The van der Waals surface area contributed by atoms with Crippen LogP contribution in [0.15, 0.2) is 30.5 Å². The summed E-state index contributed by atoms with van der Waals surface area (Å²) in [6, 6.07) is 7.74. The predicted octanol–water partition coefficient (Wildman–Crippen LogP) is 3.83. The Morgan fingerprint density at radius 3 is 2.54 bits per heavy atom. The molecule has 0 spiro atoms. The molecule has 0 saturated carbocycles. The second-order valence-corrected chi connectivity index (χ2v) is 7.59. The molecule has 1 fully saturated rings. The minimum atomic E-state index is 0.0527. The van der Waals surface area contributed by atoms with E-state index in [4.69, 9.17) is 11.6 Å². The van der Waals surface area contributed by atoms with Gasteiger partial charge in [-0.2, -0.15) is 0 Å². The summed E-state index contributed by atoms with van der Waals surface area (Å²) in [5, 5.41) is 6.27. The van der Waals surface area contributed by atoms with Crippen molar-refractivity contribution >= 4 is 40.2 Å². The van der Waals surface area contributed by atoms with E-state index in [1.165, 1.54) is 30.6 Å². The fourth-order valence-corrected chi connectivity index (χ4v) is 3.66. The van der Waals surface area contributed by atoms with E-state index in [0.717, 1.165) is 29.3 Å². The van der Waals surface area contributed by atoms with Crippen molar-refractivity contribution in [3.8, 4) is 0 Å². The summed E-state index contributed by atoms with van der Waals surface area (Å²) in [4.78, 5) is 19.4. The maximum absolute atomic E-state index is 12.1. The van der Waals surface area contributed by atoms with E-state index in [1.54, 1.807) is 6.20 Å². The fraction of sp³-hybridized carbons (Fsp3) is 0.412. The molecule has 1 amide bonds. The first-order chi connectivity index (χ1) is 11.7. The molecule has 1 saturated heterocycles. The second-order valence-electron chi connectivity index (χ2n) is 5.90. The van der Waals surface area contributed by atoms with Crippen LogP contribution in [0.1, 0.15) is 24.1 Å². The van der Waals surface area contributed by atoms with Gasteiger partial charge >= 0.3 is 0 Å². The zero-order chi connectivity index (χ0) is 16.8. The molecule has 1 aliphatic rings. The molecule has 1 aliphatic heterocycles. The number of likely N-dealkylation sites (tertiary alicyclic amines) is 1. The quantitative estimate of drug-likeness (QED) is 0.817. The van der Waals surface area contributed by atoms with Gasteiger partial charge < -0.3 is 10.6 Å². The summed E-state index contributed by atoms with van der Waals surface area (Å²) >= 11 is 7.28.